The van der Waals surface area contributed by atoms with Gasteiger partial charge in [-0.15, -0.1) is 0 Å². The largest absolute Gasteiger partial charge is 0.483 e. The number of non-ortho nitro benzene ring substituents is 1. The molecule has 10 heteroatoms. The zero-order chi connectivity index (χ0) is 23.8. The number of carbonyl (C=O) groups is 2. The molecule has 3 rings (SSSR count). The van der Waals surface area contributed by atoms with Crippen LogP contribution in [0.15, 0.2) is 76.3 Å². The van der Waals surface area contributed by atoms with Gasteiger partial charge in [0.25, 0.3) is 11.6 Å². The third-order valence-electron chi connectivity index (χ3n) is 4.27. The van der Waals surface area contributed by atoms with E-state index in [9.17, 15) is 19.7 Å². The number of nitrogens with one attached hydrogen (secondary N) is 1. The van der Waals surface area contributed by atoms with Gasteiger partial charge in [0, 0.05) is 17.7 Å². The molecule has 0 unspecified atom stereocenters. The number of amides is 1. The highest BCUT2D eigenvalue weighted by molar-refractivity contribution is 9.10. The van der Waals surface area contributed by atoms with Gasteiger partial charge in [0.15, 0.2) is 6.61 Å². The molecule has 0 radical (unpaired) electrons. The second kappa shape index (κ2) is 11.0. The zero-order valence-electron chi connectivity index (χ0n) is 17.4. The van der Waals surface area contributed by atoms with Crippen molar-refractivity contribution < 1.29 is 24.0 Å². The van der Waals surface area contributed by atoms with Gasteiger partial charge in [0.05, 0.1) is 21.2 Å². The fourth-order valence-corrected chi connectivity index (χ4v) is 3.24. The minimum atomic E-state index is -0.688. The van der Waals surface area contributed by atoms with Crippen molar-refractivity contribution in [2.24, 2.45) is 5.10 Å². The molecule has 9 nitrogen and oxygen atoms in total. The minimum absolute atomic E-state index is 0.131. The topological polar surface area (TPSA) is 120 Å². The molecule has 0 spiro atoms. The van der Waals surface area contributed by atoms with Gasteiger partial charge in [-0.2, -0.15) is 5.10 Å². The zero-order valence-corrected chi connectivity index (χ0v) is 18.9. The van der Waals surface area contributed by atoms with Crippen LogP contribution in [0.2, 0.25) is 0 Å². The maximum absolute atomic E-state index is 12.4. The van der Waals surface area contributed by atoms with Gasteiger partial charge in [-0.1, -0.05) is 18.2 Å². The van der Waals surface area contributed by atoms with Crippen LogP contribution in [-0.4, -0.2) is 29.6 Å². The highest BCUT2D eigenvalue weighted by atomic mass is 79.9. The average molecular weight is 512 g/mol. The molecule has 3 aromatic rings. The van der Waals surface area contributed by atoms with Crippen molar-refractivity contribution in [3.05, 3.63) is 98.0 Å². The Labute approximate surface area is 197 Å². The monoisotopic (exact) mass is 511 g/mol. The molecule has 0 saturated carbocycles. The third kappa shape index (κ3) is 6.71. The summed E-state index contributed by atoms with van der Waals surface area (Å²) in [6.07, 6.45) is 1.33. The molecule has 1 amide bonds. The van der Waals surface area contributed by atoms with Crippen LogP contribution in [0.5, 0.6) is 11.5 Å². The summed E-state index contributed by atoms with van der Waals surface area (Å²) in [6.45, 7) is 1.70. The van der Waals surface area contributed by atoms with Crippen molar-refractivity contribution in [3.63, 3.8) is 0 Å². The SMILES string of the molecule is Cc1ccc(OCC(=O)N/N=C/c2ccccc2OC(=O)c2ccc([N+](=O)[O-])cc2)c(Br)c1. The molecule has 0 atom stereocenters. The quantitative estimate of drug-likeness (QED) is 0.157. The number of rotatable bonds is 8. The summed E-state index contributed by atoms with van der Waals surface area (Å²) in [5.74, 6) is -0.423. The number of ether oxygens (including phenoxy) is 2. The number of carbonyl (C=O) groups excluding carboxylic acids is 2. The van der Waals surface area contributed by atoms with Crippen LogP contribution in [-0.2, 0) is 4.79 Å². The van der Waals surface area contributed by atoms with Crippen molar-refractivity contribution in [3.8, 4) is 11.5 Å². The van der Waals surface area contributed by atoms with Gasteiger partial charge >= 0.3 is 5.97 Å². The lowest BCUT2D eigenvalue weighted by molar-refractivity contribution is -0.384. The molecule has 0 aliphatic heterocycles. The Morgan fingerprint density at radius 3 is 2.52 bits per heavy atom. The lowest BCUT2D eigenvalue weighted by atomic mass is 10.2. The molecule has 0 aliphatic carbocycles. The Bertz CT molecular complexity index is 1210. The van der Waals surface area contributed by atoms with E-state index in [1.165, 1.54) is 30.5 Å². The van der Waals surface area contributed by atoms with E-state index in [0.717, 1.165) is 10.0 Å². The smallest absolute Gasteiger partial charge is 0.343 e. The van der Waals surface area contributed by atoms with Gasteiger partial charge in [-0.25, -0.2) is 10.2 Å². The fraction of sp³-hybridized carbons (Fsp3) is 0.0870. The number of hydrogen-bond acceptors (Lipinski definition) is 7. The molecule has 0 saturated heterocycles. The summed E-state index contributed by atoms with van der Waals surface area (Å²) < 4.78 is 11.6. The molecular formula is C23H18BrN3O6. The normalized spacial score (nSPS) is 10.6. The number of benzene rings is 3. The third-order valence-corrected chi connectivity index (χ3v) is 4.89. The van der Waals surface area contributed by atoms with E-state index < -0.39 is 16.8 Å². The number of nitro groups is 1. The first-order valence-corrected chi connectivity index (χ1v) is 10.4. The van der Waals surface area contributed by atoms with E-state index in [2.05, 4.69) is 26.5 Å². The van der Waals surface area contributed by atoms with E-state index in [4.69, 9.17) is 9.47 Å². The molecular weight excluding hydrogens is 494 g/mol. The van der Waals surface area contributed by atoms with Gasteiger partial charge < -0.3 is 9.47 Å². The number of nitro benzene ring substituents is 1. The van der Waals surface area contributed by atoms with Crippen molar-refractivity contribution >= 4 is 39.7 Å². The summed E-state index contributed by atoms with van der Waals surface area (Å²) in [7, 11) is 0. The minimum Gasteiger partial charge on any atom is -0.483 e. The second-order valence-corrected chi connectivity index (χ2v) is 7.60. The van der Waals surface area contributed by atoms with Crippen LogP contribution in [0.25, 0.3) is 0 Å². The molecule has 1 N–H and O–H groups in total. The molecule has 33 heavy (non-hydrogen) atoms. The van der Waals surface area contributed by atoms with Crippen LogP contribution in [0, 0.1) is 17.0 Å². The van der Waals surface area contributed by atoms with E-state index in [1.807, 2.05) is 19.1 Å². The number of para-hydroxylation sites is 1. The number of nitrogens with zero attached hydrogens (tertiary/aromatic N) is 2. The Morgan fingerprint density at radius 1 is 1.09 bits per heavy atom. The van der Waals surface area contributed by atoms with Crippen LogP contribution in [0.4, 0.5) is 5.69 Å². The predicted octanol–water partition coefficient (Wildman–Crippen LogP) is 4.41. The molecule has 168 valence electrons. The van der Waals surface area contributed by atoms with Gasteiger partial charge in [0.1, 0.15) is 11.5 Å². The van der Waals surface area contributed by atoms with Crippen molar-refractivity contribution in [1.82, 2.24) is 5.43 Å². The van der Waals surface area contributed by atoms with Gasteiger partial charge in [0.2, 0.25) is 0 Å². The summed E-state index contributed by atoms with van der Waals surface area (Å²) in [6, 6.07) is 17.1. The summed E-state index contributed by atoms with van der Waals surface area (Å²) in [5.41, 5.74) is 3.86. The first-order valence-electron chi connectivity index (χ1n) is 9.60. The summed E-state index contributed by atoms with van der Waals surface area (Å²) >= 11 is 3.38. The first kappa shape index (κ1) is 23.6. The average Bonchev–Trinajstić information content (AvgIpc) is 2.79. The number of esters is 1. The second-order valence-electron chi connectivity index (χ2n) is 6.75. The Hall–Kier alpha value is -4.05. The predicted molar refractivity (Wildman–Crippen MR) is 125 cm³/mol. The highest BCUT2D eigenvalue weighted by Gasteiger charge is 2.13. The van der Waals surface area contributed by atoms with Crippen LogP contribution in [0.1, 0.15) is 21.5 Å². The fourth-order valence-electron chi connectivity index (χ4n) is 2.63. The Balaban J connectivity index is 1.58. The maximum Gasteiger partial charge on any atom is 0.343 e. The van der Waals surface area contributed by atoms with E-state index in [0.29, 0.717) is 11.3 Å². The van der Waals surface area contributed by atoms with Gasteiger partial charge in [-0.3, -0.25) is 14.9 Å². The van der Waals surface area contributed by atoms with Crippen molar-refractivity contribution in [2.75, 3.05) is 6.61 Å². The van der Waals surface area contributed by atoms with Crippen LogP contribution in [0.3, 0.4) is 0 Å². The lowest BCUT2D eigenvalue weighted by Crippen LogP contribution is -2.24. The molecule has 0 aliphatic rings. The van der Waals surface area contributed by atoms with Crippen molar-refractivity contribution in [2.45, 2.75) is 6.92 Å². The summed E-state index contributed by atoms with van der Waals surface area (Å²) in [4.78, 5) is 34.6. The van der Waals surface area contributed by atoms with Crippen LogP contribution < -0.4 is 14.9 Å². The Kier molecular flexibility index (Phi) is 7.87. The van der Waals surface area contributed by atoms with E-state index in [1.54, 1.807) is 30.3 Å². The molecule has 0 heterocycles. The Morgan fingerprint density at radius 2 is 1.82 bits per heavy atom. The first-order chi connectivity index (χ1) is 15.8. The van der Waals surface area contributed by atoms with E-state index in [-0.39, 0.29) is 23.6 Å². The number of hydrogen-bond donors (Lipinski definition) is 1. The number of aryl methyl sites for hydroxylation is 1. The summed E-state index contributed by atoms with van der Waals surface area (Å²) in [5, 5.41) is 14.6. The number of halogens is 1. The maximum atomic E-state index is 12.4. The molecule has 0 bridgehead atoms. The van der Waals surface area contributed by atoms with Gasteiger partial charge in [-0.05, 0) is 64.8 Å². The van der Waals surface area contributed by atoms with Crippen LogP contribution >= 0.6 is 15.9 Å². The van der Waals surface area contributed by atoms with E-state index >= 15 is 0 Å². The standard InChI is InChI=1S/C23H18BrN3O6/c1-15-6-11-21(19(24)12-15)32-14-22(28)26-25-13-17-4-2-3-5-20(17)33-23(29)16-7-9-18(10-8-16)27(30)31/h2-13H,14H2,1H3,(H,26,28)/b25-13+. The highest BCUT2D eigenvalue weighted by Crippen LogP contribution is 2.25. The molecule has 3 aromatic carbocycles. The molecule has 0 aromatic heterocycles. The number of hydrazone groups is 1. The molecule has 0 fully saturated rings. The van der Waals surface area contributed by atoms with Crippen molar-refractivity contribution in [1.29, 1.82) is 0 Å². The lowest BCUT2D eigenvalue weighted by Gasteiger charge is -2.08.